The van der Waals surface area contributed by atoms with Gasteiger partial charge in [-0.1, -0.05) is 11.6 Å². The van der Waals surface area contributed by atoms with E-state index in [1.54, 1.807) is 24.3 Å². The third-order valence-corrected chi connectivity index (χ3v) is 3.09. The van der Waals surface area contributed by atoms with E-state index in [4.69, 9.17) is 11.6 Å². The molecule has 1 aromatic heterocycles. The van der Waals surface area contributed by atoms with Gasteiger partial charge in [-0.05, 0) is 46.3 Å². The lowest BCUT2D eigenvalue weighted by atomic mass is 10.2. The molecule has 0 aliphatic heterocycles. The highest BCUT2D eigenvalue weighted by Gasteiger charge is 2.08. The van der Waals surface area contributed by atoms with Crippen molar-refractivity contribution in [2.75, 3.05) is 5.32 Å². The topological polar surface area (TPSA) is 62.2 Å². The zero-order chi connectivity index (χ0) is 13.1. The summed E-state index contributed by atoms with van der Waals surface area (Å²) in [6.07, 6.45) is 1.46. The molecule has 0 atom stereocenters. The Bertz CT molecular complexity index is 587. The average Bonchev–Trinajstić information content (AvgIpc) is 2.35. The zero-order valence-corrected chi connectivity index (χ0v) is 11.4. The molecule has 2 N–H and O–H groups in total. The molecule has 0 aliphatic carbocycles. The largest absolute Gasteiger partial charge is 0.507 e. The number of phenols is 1. The number of benzene rings is 1. The van der Waals surface area contributed by atoms with E-state index in [-0.39, 0.29) is 11.7 Å². The van der Waals surface area contributed by atoms with Crippen LogP contribution in [0, 0.1) is 0 Å². The van der Waals surface area contributed by atoms with Crippen LogP contribution in [0.25, 0.3) is 0 Å². The summed E-state index contributed by atoms with van der Waals surface area (Å²) >= 11 is 8.79. The first kappa shape index (κ1) is 12.9. The van der Waals surface area contributed by atoms with E-state index in [0.717, 1.165) is 0 Å². The second kappa shape index (κ2) is 5.37. The summed E-state index contributed by atoms with van der Waals surface area (Å²) in [6, 6.07) is 7.80. The van der Waals surface area contributed by atoms with Gasteiger partial charge in [-0.25, -0.2) is 4.98 Å². The number of nitrogens with one attached hydrogen (secondary N) is 1. The van der Waals surface area contributed by atoms with Gasteiger partial charge in [0.15, 0.2) is 0 Å². The average molecular weight is 328 g/mol. The highest BCUT2D eigenvalue weighted by atomic mass is 79.9. The number of carbonyl (C=O) groups excluding carboxylic acids is 1. The lowest BCUT2D eigenvalue weighted by molar-refractivity contribution is 0.102. The molecular formula is C12H8BrClN2O2. The molecule has 0 bridgehead atoms. The number of aromatic hydroxyl groups is 1. The molecule has 0 aliphatic rings. The molecule has 0 fully saturated rings. The summed E-state index contributed by atoms with van der Waals surface area (Å²) in [5.41, 5.74) is 0.887. The van der Waals surface area contributed by atoms with Gasteiger partial charge in [-0.15, -0.1) is 0 Å². The minimum atomic E-state index is -0.332. The van der Waals surface area contributed by atoms with E-state index in [2.05, 4.69) is 26.2 Å². The van der Waals surface area contributed by atoms with Crippen LogP contribution >= 0.6 is 27.5 Å². The van der Waals surface area contributed by atoms with Crippen LogP contribution in [0.4, 0.5) is 5.69 Å². The van der Waals surface area contributed by atoms with E-state index in [1.807, 2.05) is 0 Å². The number of amides is 1. The maximum atomic E-state index is 11.9. The Morgan fingerprint density at radius 3 is 2.72 bits per heavy atom. The minimum absolute atomic E-state index is 0.0110. The molecule has 0 unspecified atom stereocenters. The number of phenolic OH excluding ortho intramolecular Hbond substituents is 1. The molecule has 1 heterocycles. The van der Waals surface area contributed by atoms with Crippen LogP contribution in [-0.2, 0) is 0 Å². The molecule has 92 valence electrons. The summed E-state index contributed by atoms with van der Waals surface area (Å²) in [6.45, 7) is 0. The summed E-state index contributed by atoms with van der Waals surface area (Å²) in [5.74, 6) is -0.321. The Kier molecular flexibility index (Phi) is 3.84. The van der Waals surface area contributed by atoms with Crippen molar-refractivity contribution >= 4 is 39.1 Å². The second-order valence-electron chi connectivity index (χ2n) is 3.49. The molecule has 0 radical (unpaired) electrons. The monoisotopic (exact) mass is 326 g/mol. The lowest BCUT2D eigenvalue weighted by Crippen LogP contribution is -2.11. The predicted octanol–water partition coefficient (Wildman–Crippen LogP) is 3.46. The fourth-order valence-electron chi connectivity index (χ4n) is 1.31. The number of aromatic nitrogens is 1. The number of carbonyl (C=O) groups is 1. The fraction of sp³-hybridized carbons (Fsp3) is 0. The van der Waals surface area contributed by atoms with Crippen molar-refractivity contribution < 1.29 is 9.90 Å². The van der Waals surface area contributed by atoms with E-state index in [9.17, 15) is 9.90 Å². The number of hydrogen-bond donors (Lipinski definition) is 2. The first-order valence-corrected chi connectivity index (χ1v) is 6.15. The Labute approximate surface area is 117 Å². The summed E-state index contributed by atoms with van der Waals surface area (Å²) in [5, 5.41) is 12.5. The SMILES string of the molecule is O=C(Nc1ccc(Cl)nc1)c1ccc(Br)c(O)c1. The quantitative estimate of drug-likeness (QED) is 0.830. The van der Waals surface area contributed by atoms with Crippen molar-refractivity contribution in [2.45, 2.75) is 0 Å². The molecule has 1 amide bonds. The van der Waals surface area contributed by atoms with Gasteiger partial charge in [0.05, 0.1) is 16.4 Å². The lowest BCUT2D eigenvalue weighted by Gasteiger charge is -2.05. The van der Waals surface area contributed by atoms with Crippen molar-refractivity contribution in [3.05, 3.63) is 51.7 Å². The number of hydrogen-bond acceptors (Lipinski definition) is 3. The maximum Gasteiger partial charge on any atom is 0.255 e. The highest BCUT2D eigenvalue weighted by molar-refractivity contribution is 9.10. The van der Waals surface area contributed by atoms with Gasteiger partial charge in [0, 0.05) is 5.56 Å². The van der Waals surface area contributed by atoms with Crippen LogP contribution in [0.2, 0.25) is 5.15 Å². The summed E-state index contributed by atoms with van der Waals surface area (Å²) < 4.78 is 0.534. The molecule has 1 aromatic carbocycles. The minimum Gasteiger partial charge on any atom is -0.507 e. The van der Waals surface area contributed by atoms with Gasteiger partial charge in [-0.2, -0.15) is 0 Å². The van der Waals surface area contributed by atoms with Gasteiger partial charge in [-0.3, -0.25) is 4.79 Å². The van der Waals surface area contributed by atoms with E-state index in [1.165, 1.54) is 12.3 Å². The van der Waals surface area contributed by atoms with Gasteiger partial charge in [0.25, 0.3) is 5.91 Å². The van der Waals surface area contributed by atoms with Crippen molar-refractivity contribution in [1.82, 2.24) is 4.98 Å². The molecule has 0 saturated carbocycles. The number of rotatable bonds is 2. The maximum absolute atomic E-state index is 11.9. The zero-order valence-electron chi connectivity index (χ0n) is 9.02. The first-order valence-electron chi connectivity index (χ1n) is 4.97. The molecular weight excluding hydrogens is 320 g/mol. The third kappa shape index (κ3) is 3.00. The smallest absolute Gasteiger partial charge is 0.255 e. The standard InChI is InChI=1S/C12H8BrClN2O2/c13-9-3-1-7(5-10(9)17)12(18)16-8-2-4-11(14)15-6-8/h1-6,17H,(H,16,18). The number of halogens is 2. The van der Waals surface area contributed by atoms with Crippen LogP contribution in [0.1, 0.15) is 10.4 Å². The van der Waals surface area contributed by atoms with E-state index in [0.29, 0.717) is 20.9 Å². The van der Waals surface area contributed by atoms with E-state index < -0.39 is 0 Å². The first-order chi connectivity index (χ1) is 8.56. The van der Waals surface area contributed by atoms with Crippen molar-refractivity contribution in [2.24, 2.45) is 0 Å². The second-order valence-corrected chi connectivity index (χ2v) is 4.73. The molecule has 0 saturated heterocycles. The third-order valence-electron chi connectivity index (χ3n) is 2.19. The molecule has 2 rings (SSSR count). The normalized spacial score (nSPS) is 10.1. The fourth-order valence-corrected chi connectivity index (χ4v) is 1.67. The Hall–Kier alpha value is -1.59. The molecule has 2 aromatic rings. The van der Waals surface area contributed by atoms with Crippen molar-refractivity contribution in [3.63, 3.8) is 0 Å². The highest BCUT2D eigenvalue weighted by Crippen LogP contribution is 2.24. The molecule has 18 heavy (non-hydrogen) atoms. The molecule has 0 spiro atoms. The van der Waals surface area contributed by atoms with Gasteiger partial charge in [0.2, 0.25) is 0 Å². The van der Waals surface area contributed by atoms with Crippen LogP contribution in [0.15, 0.2) is 41.0 Å². The van der Waals surface area contributed by atoms with Gasteiger partial charge >= 0.3 is 0 Å². The van der Waals surface area contributed by atoms with E-state index >= 15 is 0 Å². The Morgan fingerprint density at radius 1 is 1.33 bits per heavy atom. The molecule has 4 nitrogen and oxygen atoms in total. The van der Waals surface area contributed by atoms with Crippen molar-refractivity contribution in [3.8, 4) is 5.75 Å². The van der Waals surface area contributed by atoms with Crippen molar-refractivity contribution in [1.29, 1.82) is 0 Å². The predicted molar refractivity (Wildman–Crippen MR) is 73.0 cm³/mol. The summed E-state index contributed by atoms with van der Waals surface area (Å²) in [4.78, 5) is 15.7. The van der Waals surface area contributed by atoms with Crippen LogP contribution in [-0.4, -0.2) is 16.0 Å². The number of pyridine rings is 1. The number of anilines is 1. The van der Waals surface area contributed by atoms with Crippen LogP contribution in [0.3, 0.4) is 0 Å². The van der Waals surface area contributed by atoms with Crippen LogP contribution < -0.4 is 5.32 Å². The van der Waals surface area contributed by atoms with Gasteiger partial charge in [0.1, 0.15) is 10.9 Å². The summed E-state index contributed by atoms with van der Waals surface area (Å²) in [7, 11) is 0. The molecule has 6 heteroatoms. The Balaban J connectivity index is 2.16. The Morgan fingerprint density at radius 2 is 2.11 bits per heavy atom. The van der Waals surface area contributed by atoms with Crippen LogP contribution in [0.5, 0.6) is 5.75 Å². The number of nitrogens with zero attached hydrogens (tertiary/aromatic N) is 1. The van der Waals surface area contributed by atoms with Gasteiger partial charge < -0.3 is 10.4 Å².